The van der Waals surface area contributed by atoms with E-state index in [-0.39, 0.29) is 11.3 Å². The van der Waals surface area contributed by atoms with Crippen molar-refractivity contribution in [1.82, 2.24) is 15.0 Å². The highest BCUT2D eigenvalue weighted by Crippen LogP contribution is 2.26. The van der Waals surface area contributed by atoms with Crippen LogP contribution < -0.4 is 11.0 Å². The third-order valence-corrected chi connectivity index (χ3v) is 3.77. The van der Waals surface area contributed by atoms with Gasteiger partial charge in [0.2, 0.25) is 0 Å². The number of hydrogen-bond acceptors (Lipinski definition) is 5. The maximum atomic E-state index is 12.6. The van der Waals surface area contributed by atoms with Crippen molar-refractivity contribution in [3.63, 3.8) is 0 Å². The van der Waals surface area contributed by atoms with Gasteiger partial charge in [0.15, 0.2) is 0 Å². The zero-order valence-corrected chi connectivity index (χ0v) is 13.5. The fraction of sp³-hybridized carbons (Fsp3) is 0.111. The van der Waals surface area contributed by atoms with Crippen LogP contribution in [0.3, 0.4) is 0 Å². The minimum atomic E-state index is -0.763. The van der Waals surface area contributed by atoms with E-state index in [1.54, 1.807) is 55.7 Å². The molecule has 1 aromatic carbocycles. The Morgan fingerprint density at radius 1 is 1.28 bits per heavy atom. The van der Waals surface area contributed by atoms with Gasteiger partial charge in [-0.15, -0.1) is 0 Å². The minimum Gasteiger partial charge on any atom is -0.506 e. The maximum absolute atomic E-state index is 12.6. The molecule has 2 aromatic heterocycles. The highest BCUT2D eigenvalue weighted by atomic mass is 16.3. The molecule has 3 rings (SSSR count). The first-order chi connectivity index (χ1) is 12.1. The second-order valence-electron chi connectivity index (χ2n) is 5.27. The van der Waals surface area contributed by atoms with Crippen LogP contribution in [0.15, 0.2) is 58.7 Å². The van der Waals surface area contributed by atoms with E-state index in [0.29, 0.717) is 17.4 Å². The Bertz CT molecular complexity index is 1010. The van der Waals surface area contributed by atoms with Crippen LogP contribution in [0.2, 0.25) is 0 Å². The normalized spacial score (nSPS) is 11.1. The molecule has 0 aliphatic rings. The summed E-state index contributed by atoms with van der Waals surface area (Å²) in [6.07, 6.45) is 4.62. The lowest BCUT2D eigenvalue weighted by Gasteiger charge is -2.12. The Labute approximate surface area is 143 Å². The van der Waals surface area contributed by atoms with Crippen LogP contribution in [-0.4, -0.2) is 26.8 Å². The number of aryl methyl sites for hydroxylation is 1. The second-order valence-corrected chi connectivity index (χ2v) is 5.27. The third-order valence-electron chi connectivity index (χ3n) is 3.77. The Kier molecular flexibility index (Phi) is 4.56. The molecule has 0 unspecified atom stereocenters. The highest BCUT2D eigenvalue weighted by molar-refractivity contribution is 6.02. The van der Waals surface area contributed by atoms with Gasteiger partial charge in [0.25, 0.3) is 11.5 Å². The van der Waals surface area contributed by atoms with Crippen LogP contribution in [0, 0.1) is 0 Å². The van der Waals surface area contributed by atoms with Crippen molar-refractivity contribution in [1.29, 1.82) is 0 Å². The molecular weight excluding hydrogens is 320 g/mol. The zero-order chi connectivity index (χ0) is 17.8. The fourth-order valence-corrected chi connectivity index (χ4v) is 2.58. The van der Waals surface area contributed by atoms with Gasteiger partial charge in [-0.2, -0.15) is 5.10 Å². The number of carbonyl (C=O) groups excluding carboxylic acids is 1. The number of pyridine rings is 2. The lowest BCUT2D eigenvalue weighted by Crippen LogP contribution is -2.31. The van der Waals surface area contributed by atoms with E-state index >= 15 is 0 Å². The van der Waals surface area contributed by atoms with E-state index in [4.69, 9.17) is 0 Å². The molecule has 2 heterocycles. The number of carbonyl (C=O) groups is 1. The molecule has 0 aliphatic heterocycles. The van der Waals surface area contributed by atoms with Gasteiger partial charge >= 0.3 is 0 Å². The molecule has 0 saturated heterocycles. The first-order valence-corrected chi connectivity index (χ1v) is 7.71. The summed E-state index contributed by atoms with van der Waals surface area (Å²) in [4.78, 5) is 28.9. The molecule has 0 fully saturated rings. The van der Waals surface area contributed by atoms with Gasteiger partial charge in [-0.1, -0.05) is 12.1 Å². The number of benzene rings is 1. The van der Waals surface area contributed by atoms with Gasteiger partial charge in [0, 0.05) is 24.3 Å². The van der Waals surface area contributed by atoms with Gasteiger partial charge < -0.3 is 9.67 Å². The number of hydrogen-bond donors (Lipinski definition) is 2. The molecule has 1 amide bonds. The number of para-hydroxylation sites is 1. The van der Waals surface area contributed by atoms with Crippen molar-refractivity contribution in [3.8, 4) is 5.75 Å². The molecule has 7 nitrogen and oxygen atoms in total. The van der Waals surface area contributed by atoms with Crippen LogP contribution in [0.25, 0.3) is 10.9 Å². The largest absolute Gasteiger partial charge is 0.506 e. The number of amides is 1. The number of aromatic hydroxyl groups is 1. The Morgan fingerprint density at radius 3 is 2.72 bits per heavy atom. The molecule has 0 aliphatic carbocycles. The molecule has 0 saturated carbocycles. The molecule has 3 aromatic rings. The Morgan fingerprint density at radius 2 is 2.00 bits per heavy atom. The van der Waals surface area contributed by atoms with E-state index in [1.165, 1.54) is 10.8 Å². The lowest BCUT2D eigenvalue weighted by atomic mass is 10.1. The van der Waals surface area contributed by atoms with Crippen molar-refractivity contribution in [2.45, 2.75) is 13.5 Å². The number of aromatic nitrogens is 2. The first kappa shape index (κ1) is 16.4. The van der Waals surface area contributed by atoms with Crippen LogP contribution in [-0.2, 0) is 6.54 Å². The summed E-state index contributed by atoms with van der Waals surface area (Å²) in [5.74, 6) is -1.11. The summed E-state index contributed by atoms with van der Waals surface area (Å²) in [6.45, 7) is 2.17. The summed E-state index contributed by atoms with van der Waals surface area (Å²) in [5.41, 5.74) is 2.71. The highest BCUT2D eigenvalue weighted by Gasteiger charge is 2.21. The SMILES string of the molecule is CCn1c(=O)c(C(=O)N/N=C/c2ccncc2)c(O)c2ccccc21. The molecule has 7 heteroatoms. The van der Waals surface area contributed by atoms with Gasteiger partial charge in [0.1, 0.15) is 11.3 Å². The van der Waals surface area contributed by atoms with Gasteiger partial charge in [-0.05, 0) is 36.8 Å². The van der Waals surface area contributed by atoms with E-state index < -0.39 is 11.5 Å². The summed E-state index contributed by atoms with van der Waals surface area (Å²) in [5, 5.41) is 14.7. The molecule has 0 atom stereocenters. The summed E-state index contributed by atoms with van der Waals surface area (Å²) >= 11 is 0. The van der Waals surface area contributed by atoms with Crippen molar-refractivity contribution in [2.75, 3.05) is 0 Å². The van der Waals surface area contributed by atoms with Crippen LogP contribution >= 0.6 is 0 Å². The molecule has 25 heavy (non-hydrogen) atoms. The standard InChI is InChI=1S/C18H16N4O3/c1-2-22-14-6-4-3-5-13(14)16(23)15(18(22)25)17(24)21-20-11-12-7-9-19-10-8-12/h3-11,23H,2H2,1H3,(H,21,24)/b20-11+. The number of rotatable bonds is 4. The molecule has 0 radical (unpaired) electrons. The average Bonchev–Trinajstić information content (AvgIpc) is 2.63. The Hall–Kier alpha value is -3.48. The monoisotopic (exact) mass is 336 g/mol. The predicted molar refractivity (Wildman–Crippen MR) is 94.8 cm³/mol. The summed E-state index contributed by atoms with van der Waals surface area (Å²) in [6, 6.07) is 10.3. The van der Waals surface area contributed by atoms with Gasteiger partial charge in [-0.25, -0.2) is 5.43 Å². The van der Waals surface area contributed by atoms with Gasteiger partial charge in [0.05, 0.1) is 11.7 Å². The van der Waals surface area contributed by atoms with Crippen molar-refractivity contribution >= 4 is 23.0 Å². The quantitative estimate of drug-likeness (QED) is 0.561. The van der Waals surface area contributed by atoms with E-state index in [9.17, 15) is 14.7 Å². The van der Waals surface area contributed by atoms with E-state index in [2.05, 4.69) is 15.5 Å². The topological polar surface area (TPSA) is 96.6 Å². The molecule has 2 N–H and O–H groups in total. The lowest BCUT2D eigenvalue weighted by molar-refractivity contribution is 0.0950. The van der Waals surface area contributed by atoms with Crippen LogP contribution in [0.5, 0.6) is 5.75 Å². The predicted octanol–water partition coefficient (Wildman–Crippen LogP) is 1.89. The molecular formula is C18H16N4O3. The third kappa shape index (κ3) is 3.12. The number of fused-ring (bicyclic) bond motifs is 1. The maximum Gasteiger partial charge on any atom is 0.280 e. The second kappa shape index (κ2) is 6.96. The molecule has 0 bridgehead atoms. The van der Waals surface area contributed by atoms with Gasteiger partial charge in [-0.3, -0.25) is 14.6 Å². The van der Waals surface area contributed by atoms with E-state index in [0.717, 1.165) is 5.56 Å². The molecule has 0 spiro atoms. The fourth-order valence-electron chi connectivity index (χ4n) is 2.58. The van der Waals surface area contributed by atoms with Crippen molar-refractivity contribution in [2.24, 2.45) is 5.10 Å². The smallest absolute Gasteiger partial charge is 0.280 e. The van der Waals surface area contributed by atoms with Crippen LogP contribution in [0.4, 0.5) is 0 Å². The minimum absolute atomic E-state index is 0.326. The molecule has 126 valence electrons. The van der Waals surface area contributed by atoms with Crippen molar-refractivity contribution < 1.29 is 9.90 Å². The number of nitrogens with one attached hydrogen (secondary N) is 1. The van der Waals surface area contributed by atoms with Crippen molar-refractivity contribution in [3.05, 3.63) is 70.3 Å². The zero-order valence-electron chi connectivity index (χ0n) is 13.5. The van der Waals surface area contributed by atoms with E-state index in [1.807, 2.05) is 0 Å². The average molecular weight is 336 g/mol. The first-order valence-electron chi connectivity index (χ1n) is 7.71. The summed E-state index contributed by atoms with van der Waals surface area (Å²) < 4.78 is 1.44. The number of nitrogens with zero attached hydrogens (tertiary/aromatic N) is 3. The summed E-state index contributed by atoms with van der Waals surface area (Å²) in [7, 11) is 0. The Balaban J connectivity index is 1.99. The number of hydrazone groups is 1. The van der Waals surface area contributed by atoms with Crippen LogP contribution in [0.1, 0.15) is 22.8 Å².